The third kappa shape index (κ3) is 1.41. The smallest absolute Gasteiger partial charge is 0.0762 e. The van der Waals surface area contributed by atoms with Crippen LogP contribution < -0.4 is 0 Å². The fourth-order valence-electron chi connectivity index (χ4n) is 2.70. The zero-order valence-electron chi connectivity index (χ0n) is 11.7. The van der Waals surface area contributed by atoms with E-state index < -0.39 is 0 Å². The van der Waals surface area contributed by atoms with E-state index in [0.29, 0.717) is 0 Å². The molecule has 0 bridgehead atoms. The van der Waals surface area contributed by atoms with Gasteiger partial charge in [-0.2, -0.15) is 0 Å². The van der Waals surface area contributed by atoms with E-state index in [2.05, 4.69) is 40.7 Å². The largest absolute Gasteiger partial charge is 0.257 e. The van der Waals surface area contributed by atoms with Gasteiger partial charge in [0.25, 0.3) is 0 Å². The predicted octanol–water partition coefficient (Wildman–Crippen LogP) is 3.59. The number of aryl methyl sites for hydroxylation is 3. The van der Waals surface area contributed by atoms with E-state index >= 15 is 0 Å². The molecule has 0 fully saturated rings. The highest BCUT2D eigenvalue weighted by molar-refractivity contribution is 5.74. The Labute approximate surface area is 108 Å². The molecule has 0 saturated heterocycles. The molecular weight excluding hydrogens is 220 g/mol. The summed E-state index contributed by atoms with van der Waals surface area (Å²) in [5.74, 6) is 0. The van der Waals surface area contributed by atoms with E-state index in [1.54, 1.807) is 0 Å². The first-order chi connectivity index (χ1) is 8.49. The summed E-state index contributed by atoms with van der Waals surface area (Å²) in [6.45, 7) is 10.7. The van der Waals surface area contributed by atoms with Crippen LogP contribution in [0.25, 0.3) is 11.3 Å². The SMILES string of the molecule is Cc1cc2c(nc1C)Cc1c-2nc(C)c(C)c1C. The normalized spacial score (nSPS) is 12.5. The minimum atomic E-state index is 0.936. The van der Waals surface area contributed by atoms with Crippen LogP contribution in [0.4, 0.5) is 0 Å². The van der Waals surface area contributed by atoms with Crippen LogP contribution in [0.1, 0.15) is 39.3 Å². The summed E-state index contributed by atoms with van der Waals surface area (Å²) in [6.07, 6.45) is 0.936. The number of nitrogens with zero attached hydrogens (tertiary/aromatic N) is 2. The van der Waals surface area contributed by atoms with Crippen LogP contribution in [0.15, 0.2) is 6.07 Å². The zero-order valence-corrected chi connectivity index (χ0v) is 11.7. The van der Waals surface area contributed by atoms with Gasteiger partial charge in [-0.25, -0.2) is 0 Å². The maximum atomic E-state index is 4.79. The van der Waals surface area contributed by atoms with Crippen molar-refractivity contribution in [2.45, 2.75) is 41.0 Å². The molecule has 2 heterocycles. The molecule has 0 unspecified atom stereocenters. The Morgan fingerprint density at radius 3 is 2.33 bits per heavy atom. The van der Waals surface area contributed by atoms with Crippen molar-refractivity contribution in [3.05, 3.63) is 45.4 Å². The molecule has 0 spiro atoms. The predicted molar refractivity (Wildman–Crippen MR) is 74.0 cm³/mol. The van der Waals surface area contributed by atoms with Gasteiger partial charge in [0.05, 0.1) is 11.4 Å². The van der Waals surface area contributed by atoms with Gasteiger partial charge >= 0.3 is 0 Å². The Morgan fingerprint density at radius 1 is 0.889 bits per heavy atom. The van der Waals surface area contributed by atoms with Gasteiger partial charge in [-0.3, -0.25) is 9.97 Å². The van der Waals surface area contributed by atoms with Gasteiger partial charge in [0, 0.05) is 23.4 Å². The Morgan fingerprint density at radius 2 is 1.61 bits per heavy atom. The van der Waals surface area contributed by atoms with Crippen molar-refractivity contribution in [2.24, 2.45) is 0 Å². The van der Waals surface area contributed by atoms with Crippen molar-refractivity contribution in [1.82, 2.24) is 9.97 Å². The highest BCUT2D eigenvalue weighted by Crippen LogP contribution is 2.38. The summed E-state index contributed by atoms with van der Waals surface area (Å²) in [6, 6.07) is 2.24. The zero-order chi connectivity index (χ0) is 13.0. The average molecular weight is 238 g/mol. The standard InChI is InChI=1S/C16H18N2/c1-8-6-14-15(17-11(8)4)7-13-10(3)9(2)12(5)18-16(13)14/h6H,7H2,1-5H3. The summed E-state index contributed by atoms with van der Waals surface area (Å²) >= 11 is 0. The highest BCUT2D eigenvalue weighted by atomic mass is 14.8. The van der Waals surface area contributed by atoms with Crippen LogP contribution in [0.3, 0.4) is 0 Å². The fraction of sp³-hybridized carbons (Fsp3) is 0.375. The Bertz CT molecular complexity index is 670. The molecule has 0 radical (unpaired) electrons. The van der Waals surface area contributed by atoms with E-state index in [-0.39, 0.29) is 0 Å². The van der Waals surface area contributed by atoms with Crippen molar-refractivity contribution in [3.63, 3.8) is 0 Å². The fourth-order valence-corrected chi connectivity index (χ4v) is 2.70. The first kappa shape index (κ1) is 11.4. The molecule has 2 aromatic rings. The van der Waals surface area contributed by atoms with Gasteiger partial charge in [0.2, 0.25) is 0 Å². The summed E-state index contributed by atoms with van der Waals surface area (Å²) in [5, 5.41) is 0. The quantitative estimate of drug-likeness (QED) is 0.598. The molecule has 2 aromatic heterocycles. The van der Waals surface area contributed by atoms with Crippen LogP contribution in [-0.4, -0.2) is 9.97 Å². The van der Waals surface area contributed by atoms with E-state index in [4.69, 9.17) is 9.97 Å². The number of hydrogen-bond acceptors (Lipinski definition) is 2. The Balaban J connectivity index is 2.32. The minimum Gasteiger partial charge on any atom is -0.257 e. The second kappa shape index (κ2) is 3.64. The summed E-state index contributed by atoms with van der Waals surface area (Å²) in [7, 11) is 0. The minimum absolute atomic E-state index is 0.936. The third-order valence-electron chi connectivity index (χ3n) is 4.27. The van der Waals surface area contributed by atoms with Crippen LogP contribution in [0.5, 0.6) is 0 Å². The number of hydrogen-bond donors (Lipinski definition) is 0. The van der Waals surface area contributed by atoms with Gasteiger partial charge in [-0.05, 0) is 62.9 Å². The van der Waals surface area contributed by atoms with E-state index in [1.807, 2.05) is 0 Å². The molecule has 2 nitrogen and oxygen atoms in total. The molecule has 0 atom stereocenters. The van der Waals surface area contributed by atoms with Crippen LogP contribution >= 0.6 is 0 Å². The molecule has 0 N–H and O–H groups in total. The molecule has 1 aliphatic carbocycles. The number of pyridine rings is 2. The van der Waals surface area contributed by atoms with Gasteiger partial charge in [-0.1, -0.05) is 0 Å². The molecule has 0 amide bonds. The van der Waals surface area contributed by atoms with Gasteiger partial charge in [0.1, 0.15) is 0 Å². The maximum Gasteiger partial charge on any atom is 0.0762 e. The monoisotopic (exact) mass is 238 g/mol. The van der Waals surface area contributed by atoms with E-state index in [9.17, 15) is 0 Å². The highest BCUT2D eigenvalue weighted by Gasteiger charge is 2.25. The maximum absolute atomic E-state index is 4.79. The number of fused-ring (bicyclic) bond motifs is 3. The number of aromatic nitrogens is 2. The van der Waals surface area contributed by atoms with Crippen molar-refractivity contribution in [3.8, 4) is 11.3 Å². The topological polar surface area (TPSA) is 25.8 Å². The van der Waals surface area contributed by atoms with Crippen LogP contribution in [0, 0.1) is 34.6 Å². The first-order valence-corrected chi connectivity index (χ1v) is 6.43. The lowest BCUT2D eigenvalue weighted by Gasteiger charge is -2.10. The second-order valence-electron chi connectivity index (χ2n) is 5.34. The lowest BCUT2D eigenvalue weighted by molar-refractivity contribution is 1.04. The Kier molecular flexibility index (Phi) is 2.31. The van der Waals surface area contributed by atoms with Gasteiger partial charge in [0.15, 0.2) is 0 Å². The molecule has 92 valence electrons. The van der Waals surface area contributed by atoms with Gasteiger partial charge < -0.3 is 0 Å². The van der Waals surface area contributed by atoms with E-state index in [1.165, 1.54) is 33.5 Å². The second-order valence-corrected chi connectivity index (χ2v) is 5.34. The average Bonchev–Trinajstić information content (AvgIpc) is 2.66. The molecule has 3 rings (SSSR count). The molecule has 18 heavy (non-hydrogen) atoms. The van der Waals surface area contributed by atoms with E-state index in [0.717, 1.165) is 23.5 Å². The van der Waals surface area contributed by atoms with Crippen molar-refractivity contribution < 1.29 is 0 Å². The van der Waals surface area contributed by atoms with Crippen molar-refractivity contribution in [1.29, 1.82) is 0 Å². The molecule has 2 heteroatoms. The molecule has 1 aliphatic rings. The van der Waals surface area contributed by atoms with Gasteiger partial charge in [-0.15, -0.1) is 0 Å². The molecule has 0 aliphatic heterocycles. The number of rotatable bonds is 0. The van der Waals surface area contributed by atoms with Crippen LogP contribution in [-0.2, 0) is 6.42 Å². The third-order valence-corrected chi connectivity index (χ3v) is 4.27. The van der Waals surface area contributed by atoms with Crippen molar-refractivity contribution >= 4 is 0 Å². The van der Waals surface area contributed by atoms with Crippen LogP contribution in [0.2, 0.25) is 0 Å². The summed E-state index contributed by atoms with van der Waals surface area (Å²) < 4.78 is 0. The molecular formula is C16H18N2. The molecule has 0 aromatic carbocycles. The first-order valence-electron chi connectivity index (χ1n) is 6.43. The van der Waals surface area contributed by atoms with Crippen molar-refractivity contribution in [2.75, 3.05) is 0 Å². The summed E-state index contributed by atoms with van der Waals surface area (Å²) in [4.78, 5) is 9.51. The molecule has 0 saturated carbocycles. The lowest BCUT2D eigenvalue weighted by atomic mass is 10.0. The lowest BCUT2D eigenvalue weighted by Crippen LogP contribution is -1.97. The summed E-state index contributed by atoms with van der Waals surface area (Å²) in [5.41, 5.74) is 11.2. The Hall–Kier alpha value is -1.70.